The summed E-state index contributed by atoms with van der Waals surface area (Å²) in [7, 11) is 0. The molecule has 1 aliphatic heterocycles. The fourth-order valence-electron chi connectivity index (χ4n) is 2.96. The number of hydrogen-bond donors (Lipinski definition) is 1. The van der Waals surface area contributed by atoms with Crippen LogP contribution in [0.25, 0.3) is 0 Å². The molecule has 0 spiro atoms. The first-order valence-corrected chi connectivity index (χ1v) is 8.57. The van der Waals surface area contributed by atoms with Crippen LogP contribution in [-0.2, 0) is 13.0 Å². The Morgan fingerprint density at radius 1 is 1.00 bits per heavy atom. The van der Waals surface area contributed by atoms with Gasteiger partial charge in [-0.15, -0.1) is 12.4 Å². The maximum absolute atomic E-state index is 12.6. The zero-order valence-corrected chi connectivity index (χ0v) is 15.6. The van der Waals surface area contributed by atoms with E-state index in [1.165, 1.54) is 11.8 Å². The van der Waals surface area contributed by atoms with E-state index in [-0.39, 0.29) is 30.8 Å². The Balaban J connectivity index is 0.00000243. The van der Waals surface area contributed by atoms with Gasteiger partial charge in [-0.25, -0.2) is 0 Å². The standard InChI is InChI=1S/C19H23N3O3.ClH/c1-2-14-3-5-15(6-4-14)18(23)21-7-9-22(10-8-21)19(24)16-11-17(12-20)25-13-16;/h3-6,11,13H,2,7-10,12,20H2,1H3;1H. The van der Waals surface area contributed by atoms with E-state index in [0.29, 0.717) is 43.1 Å². The number of halogens is 1. The average molecular weight is 378 g/mol. The number of rotatable bonds is 4. The summed E-state index contributed by atoms with van der Waals surface area (Å²) in [5, 5.41) is 0. The van der Waals surface area contributed by atoms with Gasteiger partial charge in [0.05, 0.1) is 12.1 Å². The molecule has 0 unspecified atom stereocenters. The lowest BCUT2D eigenvalue weighted by Gasteiger charge is -2.34. The highest BCUT2D eigenvalue weighted by Gasteiger charge is 2.26. The first-order valence-electron chi connectivity index (χ1n) is 8.57. The Bertz CT molecular complexity index is 750. The molecule has 0 bridgehead atoms. The number of benzene rings is 1. The van der Waals surface area contributed by atoms with Crippen molar-refractivity contribution in [2.45, 2.75) is 19.9 Å². The summed E-state index contributed by atoms with van der Waals surface area (Å²) in [4.78, 5) is 28.6. The molecule has 1 saturated heterocycles. The molecule has 2 aromatic rings. The predicted molar refractivity (Wildman–Crippen MR) is 101 cm³/mol. The number of carbonyl (C=O) groups excluding carboxylic acids is 2. The van der Waals surface area contributed by atoms with Crippen LogP contribution in [0.1, 0.15) is 39.0 Å². The van der Waals surface area contributed by atoms with E-state index in [2.05, 4.69) is 6.92 Å². The van der Waals surface area contributed by atoms with Gasteiger partial charge in [0.2, 0.25) is 0 Å². The van der Waals surface area contributed by atoms with Gasteiger partial charge in [0, 0.05) is 31.7 Å². The molecule has 0 atom stereocenters. The summed E-state index contributed by atoms with van der Waals surface area (Å²) in [5.41, 5.74) is 7.92. The second-order valence-corrected chi connectivity index (χ2v) is 6.14. The lowest BCUT2D eigenvalue weighted by molar-refractivity contribution is 0.0535. The van der Waals surface area contributed by atoms with Crippen molar-refractivity contribution in [1.82, 2.24) is 9.80 Å². The summed E-state index contributed by atoms with van der Waals surface area (Å²) >= 11 is 0. The Hall–Kier alpha value is -2.31. The molecule has 7 heteroatoms. The number of carbonyl (C=O) groups is 2. The van der Waals surface area contributed by atoms with Crippen molar-refractivity contribution in [2.24, 2.45) is 5.73 Å². The molecule has 3 rings (SSSR count). The van der Waals surface area contributed by atoms with Gasteiger partial charge in [-0.3, -0.25) is 9.59 Å². The minimum atomic E-state index is -0.0807. The summed E-state index contributed by atoms with van der Waals surface area (Å²) in [5.74, 6) is 0.527. The van der Waals surface area contributed by atoms with Crippen molar-refractivity contribution in [1.29, 1.82) is 0 Å². The molecular weight excluding hydrogens is 354 g/mol. The third-order valence-electron chi connectivity index (χ3n) is 4.57. The highest BCUT2D eigenvalue weighted by Crippen LogP contribution is 2.14. The van der Waals surface area contributed by atoms with Crippen molar-refractivity contribution >= 4 is 24.2 Å². The third-order valence-corrected chi connectivity index (χ3v) is 4.57. The Morgan fingerprint density at radius 2 is 1.54 bits per heavy atom. The molecule has 0 radical (unpaired) electrons. The number of nitrogens with two attached hydrogens (primary N) is 1. The minimum Gasteiger partial charge on any atom is -0.467 e. The zero-order chi connectivity index (χ0) is 17.8. The quantitative estimate of drug-likeness (QED) is 0.886. The Morgan fingerprint density at radius 3 is 2.00 bits per heavy atom. The second-order valence-electron chi connectivity index (χ2n) is 6.14. The van der Waals surface area contributed by atoms with Gasteiger partial charge in [-0.05, 0) is 30.2 Å². The van der Waals surface area contributed by atoms with Crippen LogP contribution in [0.2, 0.25) is 0 Å². The van der Waals surface area contributed by atoms with E-state index in [0.717, 1.165) is 6.42 Å². The van der Waals surface area contributed by atoms with E-state index in [4.69, 9.17) is 10.2 Å². The molecular formula is C19H24ClN3O3. The third kappa shape index (κ3) is 4.26. The molecule has 2 amide bonds. The lowest BCUT2D eigenvalue weighted by atomic mass is 10.1. The molecule has 6 nitrogen and oxygen atoms in total. The summed E-state index contributed by atoms with van der Waals surface area (Å²) in [6.07, 6.45) is 2.40. The predicted octanol–water partition coefficient (Wildman–Crippen LogP) is 2.32. The number of furan rings is 1. The molecule has 1 fully saturated rings. The molecule has 0 aliphatic carbocycles. The normalized spacial score (nSPS) is 14.1. The average Bonchev–Trinajstić information content (AvgIpc) is 3.16. The molecule has 1 aliphatic rings. The van der Waals surface area contributed by atoms with Crippen LogP contribution < -0.4 is 5.73 Å². The van der Waals surface area contributed by atoms with E-state index in [9.17, 15) is 9.59 Å². The second kappa shape index (κ2) is 8.87. The van der Waals surface area contributed by atoms with E-state index >= 15 is 0 Å². The zero-order valence-electron chi connectivity index (χ0n) is 14.8. The number of nitrogens with zero attached hydrogens (tertiary/aromatic N) is 2. The van der Waals surface area contributed by atoms with Gasteiger partial charge in [0.1, 0.15) is 12.0 Å². The largest absolute Gasteiger partial charge is 0.467 e. The van der Waals surface area contributed by atoms with Gasteiger partial charge in [0.25, 0.3) is 11.8 Å². The number of hydrogen-bond acceptors (Lipinski definition) is 4. The topological polar surface area (TPSA) is 79.8 Å². The fraction of sp³-hybridized carbons (Fsp3) is 0.368. The SMILES string of the molecule is CCc1ccc(C(=O)N2CCN(C(=O)c3coc(CN)c3)CC2)cc1.Cl. The van der Waals surface area contributed by atoms with Crippen LogP contribution in [0, 0.1) is 0 Å². The van der Waals surface area contributed by atoms with Gasteiger partial charge >= 0.3 is 0 Å². The molecule has 2 N–H and O–H groups in total. The number of piperazine rings is 1. The van der Waals surface area contributed by atoms with Crippen molar-refractivity contribution < 1.29 is 14.0 Å². The van der Waals surface area contributed by atoms with Crippen molar-refractivity contribution in [3.8, 4) is 0 Å². The monoisotopic (exact) mass is 377 g/mol. The summed E-state index contributed by atoms with van der Waals surface area (Å²) < 4.78 is 5.22. The van der Waals surface area contributed by atoms with Crippen LogP contribution in [0.15, 0.2) is 41.0 Å². The first-order chi connectivity index (χ1) is 12.1. The minimum absolute atomic E-state index is 0. The van der Waals surface area contributed by atoms with E-state index in [1.807, 2.05) is 24.3 Å². The first kappa shape index (κ1) is 20.0. The molecule has 2 heterocycles. The molecule has 26 heavy (non-hydrogen) atoms. The van der Waals surface area contributed by atoms with Crippen LogP contribution in [-0.4, -0.2) is 47.8 Å². The highest BCUT2D eigenvalue weighted by atomic mass is 35.5. The van der Waals surface area contributed by atoms with Crippen molar-refractivity contribution in [2.75, 3.05) is 26.2 Å². The van der Waals surface area contributed by atoms with Crippen LogP contribution in [0.5, 0.6) is 0 Å². The molecule has 1 aromatic carbocycles. The van der Waals surface area contributed by atoms with E-state index in [1.54, 1.807) is 15.9 Å². The number of aryl methyl sites for hydroxylation is 1. The maximum Gasteiger partial charge on any atom is 0.257 e. The van der Waals surface area contributed by atoms with Crippen molar-refractivity contribution in [3.63, 3.8) is 0 Å². The van der Waals surface area contributed by atoms with Crippen LogP contribution in [0.3, 0.4) is 0 Å². The van der Waals surface area contributed by atoms with Gasteiger partial charge in [-0.1, -0.05) is 19.1 Å². The fourth-order valence-corrected chi connectivity index (χ4v) is 2.96. The summed E-state index contributed by atoms with van der Waals surface area (Å²) in [6.45, 7) is 4.45. The van der Waals surface area contributed by atoms with Gasteiger partial charge in [-0.2, -0.15) is 0 Å². The highest BCUT2D eigenvalue weighted by molar-refractivity contribution is 5.96. The smallest absolute Gasteiger partial charge is 0.257 e. The van der Waals surface area contributed by atoms with Gasteiger partial charge in [0.15, 0.2) is 0 Å². The molecule has 1 aromatic heterocycles. The number of amides is 2. The Kier molecular flexibility index (Phi) is 6.83. The van der Waals surface area contributed by atoms with Crippen LogP contribution >= 0.6 is 12.4 Å². The lowest BCUT2D eigenvalue weighted by Crippen LogP contribution is -2.50. The van der Waals surface area contributed by atoms with Crippen molar-refractivity contribution in [3.05, 3.63) is 59.0 Å². The maximum atomic E-state index is 12.6. The van der Waals surface area contributed by atoms with Crippen LogP contribution in [0.4, 0.5) is 0 Å². The summed E-state index contributed by atoms with van der Waals surface area (Å²) in [6, 6.07) is 9.40. The Labute approximate surface area is 159 Å². The molecule has 140 valence electrons. The van der Waals surface area contributed by atoms with Gasteiger partial charge < -0.3 is 20.0 Å². The molecule has 0 saturated carbocycles. The van der Waals surface area contributed by atoms with E-state index < -0.39 is 0 Å².